The second-order valence-corrected chi connectivity index (χ2v) is 8.81. The van der Waals surface area contributed by atoms with Crippen LogP contribution >= 0.6 is 11.8 Å². The first-order valence-electron chi connectivity index (χ1n) is 11.0. The standard InChI is InChI=1S/C25H32N4OS/c1-4-5-6-7-12-24(30)26-17-23-27-28-25(29(23)22-15-13-19(2)14-16-22)31-18-21-11-9-8-10-20(21)3/h8-11,13-16H,4-7,12,17-18H2,1-3H3,(H,26,30). The number of nitrogens with one attached hydrogen (secondary N) is 1. The van der Waals surface area contributed by atoms with E-state index in [2.05, 4.69) is 89.4 Å². The largest absolute Gasteiger partial charge is 0.349 e. The number of aryl methyl sites for hydroxylation is 2. The van der Waals surface area contributed by atoms with Crippen molar-refractivity contribution in [1.82, 2.24) is 20.1 Å². The lowest BCUT2D eigenvalue weighted by atomic mass is 10.1. The predicted octanol–water partition coefficient (Wildman–Crippen LogP) is 5.76. The lowest BCUT2D eigenvalue weighted by Crippen LogP contribution is -2.24. The van der Waals surface area contributed by atoms with E-state index in [9.17, 15) is 4.79 Å². The Morgan fingerprint density at radius 3 is 2.52 bits per heavy atom. The van der Waals surface area contributed by atoms with Crippen LogP contribution in [0.15, 0.2) is 53.7 Å². The monoisotopic (exact) mass is 436 g/mol. The molecule has 1 N–H and O–H groups in total. The normalized spacial score (nSPS) is 10.9. The molecule has 2 aromatic carbocycles. The van der Waals surface area contributed by atoms with E-state index < -0.39 is 0 Å². The highest BCUT2D eigenvalue weighted by atomic mass is 32.2. The molecule has 0 saturated carbocycles. The average molecular weight is 437 g/mol. The van der Waals surface area contributed by atoms with Gasteiger partial charge in [-0.2, -0.15) is 0 Å². The maximum absolute atomic E-state index is 12.3. The minimum absolute atomic E-state index is 0.0728. The Hall–Kier alpha value is -2.60. The number of nitrogens with zero attached hydrogens (tertiary/aromatic N) is 3. The smallest absolute Gasteiger partial charge is 0.220 e. The second kappa shape index (κ2) is 11.7. The Morgan fingerprint density at radius 2 is 1.77 bits per heavy atom. The number of rotatable bonds is 11. The summed E-state index contributed by atoms with van der Waals surface area (Å²) in [5.74, 6) is 1.64. The Morgan fingerprint density at radius 1 is 1.00 bits per heavy atom. The van der Waals surface area contributed by atoms with Gasteiger partial charge in [-0.1, -0.05) is 79.9 Å². The number of thioether (sulfide) groups is 1. The van der Waals surface area contributed by atoms with Crippen molar-refractivity contribution in [1.29, 1.82) is 0 Å². The van der Waals surface area contributed by atoms with E-state index in [1.165, 1.54) is 29.5 Å². The topological polar surface area (TPSA) is 59.8 Å². The van der Waals surface area contributed by atoms with Crippen LogP contribution < -0.4 is 5.32 Å². The summed E-state index contributed by atoms with van der Waals surface area (Å²) in [6.07, 6.45) is 4.94. The molecule has 0 spiro atoms. The van der Waals surface area contributed by atoms with Gasteiger partial charge in [-0.15, -0.1) is 10.2 Å². The third-order valence-electron chi connectivity index (χ3n) is 5.31. The molecule has 0 fully saturated rings. The lowest BCUT2D eigenvalue weighted by Gasteiger charge is -2.12. The highest BCUT2D eigenvalue weighted by molar-refractivity contribution is 7.98. The van der Waals surface area contributed by atoms with E-state index in [4.69, 9.17) is 0 Å². The number of hydrogen-bond acceptors (Lipinski definition) is 4. The van der Waals surface area contributed by atoms with Crippen molar-refractivity contribution in [2.24, 2.45) is 0 Å². The molecule has 6 heteroatoms. The highest BCUT2D eigenvalue weighted by Crippen LogP contribution is 2.26. The van der Waals surface area contributed by atoms with Gasteiger partial charge < -0.3 is 5.32 Å². The van der Waals surface area contributed by atoms with Crippen molar-refractivity contribution < 1.29 is 4.79 Å². The van der Waals surface area contributed by atoms with Crippen molar-refractivity contribution in [2.45, 2.75) is 70.3 Å². The van der Waals surface area contributed by atoms with Crippen molar-refractivity contribution in [3.63, 3.8) is 0 Å². The van der Waals surface area contributed by atoms with Crippen LogP contribution in [0.25, 0.3) is 5.69 Å². The number of carbonyl (C=O) groups is 1. The molecule has 0 atom stereocenters. The molecule has 0 saturated heterocycles. The van der Waals surface area contributed by atoms with Gasteiger partial charge in [0.05, 0.1) is 6.54 Å². The first-order chi connectivity index (χ1) is 15.1. The lowest BCUT2D eigenvalue weighted by molar-refractivity contribution is -0.121. The van der Waals surface area contributed by atoms with Gasteiger partial charge in [-0.25, -0.2) is 0 Å². The molecule has 1 amide bonds. The summed E-state index contributed by atoms with van der Waals surface area (Å²) < 4.78 is 2.06. The maximum Gasteiger partial charge on any atom is 0.220 e. The minimum atomic E-state index is 0.0728. The number of hydrogen-bond donors (Lipinski definition) is 1. The Kier molecular flexibility index (Phi) is 8.71. The second-order valence-electron chi connectivity index (χ2n) is 7.87. The van der Waals surface area contributed by atoms with Crippen LogP contribution in [0.1, 0.15) is 61.5 Å². The van der Waals surface area contributed by atoms with E-state index in [-0.39, 0.29) is 5.91 Å². The van der Waals surface area contributed by atoms with E-state index >= 15 is 0 Å². The SMILES string of the molecule is CCCCCCC(=O)NCc1nnc(SCc2ccccc2C)n1-c1ccc(C)cc1. The molecule has 31 heavy (non-hydrogen) atoms. The third kappa shape index (κ3) is 6.69. The fourth-order valence-corrected chi connectivity index (χ4v) is 4.40. The quantitative estimate of drug-likeness (QED) is 0.306. The molecule has 0 aliphatic heterocycles. The third-order valence-corrected chi connectivity index (χ3v) is 6.29. The Bertz CT molecular complexity index is 981. The number of carbonyl (C=O) groups excluding carboxylic acids is 1. The van der Waals surface area contributed by atoms with Crippen LogP contribution in [-0.4, -0.2) is 20.7 Å². The van der Waals surface area contributed by atoms with E-state index in [0.29, 0.717) is 13.0 Å². The summed E-state index contributed by atoms with van der Waals surface area (Å²) in [5, 5.41) is 12.7. The molecule has 3 aromatic rings. The van der Waals surface area contributed by atoms with Crippen LogP contribution in [0.4, 0.5) is 0 Å². The van der Waals surface area contributed by atoms with Crippen molar-refractivity contribution >= 4 is 17.7 Å². The van der Waals surface area contributed by atoms with Gasteiger partial charge in [0, 0.05) is 17.9 Å². The van der Waals surface area contributed by atoms with Crippen molar-refractivity contribution in [2.75, 3.05) is 0 Å². The molecule has 0 radical (unpaired) electrons. The Labute approximate surface area is 189 Å². The molecule has 0 unspecified atom stereocenters. The zero-order chi connectivity index (χ0) is 22.1. The van der Waals surface area contributed by atoms with Crippen LogP contribution in [0.2, 0.25) is 0 Å². The van der Waals surface area contributed by atoms with Gasteiger partial charge in [-0.05, 0) is 43.5 Å². The van der Waals surface area contributed by atoms with E-state index in [1.807, 2.05) is 0 Å². The van der Waals surface area contributed by atoms with Gasteiger partial charge in [0.2, 0.25) is 5.91 Å². The summed E-state index contributed by atoms with van der Waals surface area (Å²) in [6.45, 7) is 6.75. The van der Waals surface area contributed by atoms with Gasteiger partial charge in [0.1, 0.15) is 0 Å². The summed E-state index contributed by atoms with van der Waals surface area (Å²) in [6, 6.07) is 16.7. The first kappa shape index (κ1) is 23.1. The zero-order valence-electron chi connectivity index (χ0n) is 18.7. The van der Waals surface area contributed by atoms with Crippen molar-refractivity contribution in [3.8, 4) is 5.69 Å². The molecule has 0 aliphatic carbocycles. The van der Waals surface area contributed by atoms with Crippen molar-refractivity contribution in [3.05, 3.63) is 71.0 Å². The molecular formula is C25H32N4OS. The number of aromatic nitrogens is 3. The molecule has 1 heterocycles. The molecule has 3 rings (SSSR count). The molecule has 0 bridgehead atoms. The summed E-state index contributed by atoms with van der Waals surface area (Å²) in [4.78, 5) is 12.3. The summed E-state index contributed by atoms with van der Waals surface area (Å²) in [7, 11) is 0. The number of unbranched alkanes of at least 4 members (excludes halogenated alkanes) is 3. The van der Waals surface area contributed by atoms with E-state index in [0.717, 1.165) is 35.3 Å². The molecule has 5 nitrogen and oxygen atoms in total. The van der Waals surface area contributed by atoms with Crippen LogP contribution in [-0.2, 0) is 17.1 Å². The van der Waals surface area contributed by atoms with Gasteiger partial charge in [0.25, 0.3) is 0 Å². The average Bonchev–Trinajstić information content (AvgIpc) is 3.18. The highest BCUT2D eigenvalue weighted by Gasteiger charge is 2.16. The molecular weight excluding hydrogens is 404 g/mol. The predicted molar refractivity (Wildman–Crippen MR) is 127 cm³/mol. The fraction of sp³-hybridized carbons (Fsp3) is 0.400. The Balaban J connectivity index is 1.73. The van der Waals surface area contributed by atoms with Gasteiger partial charge >= 0.3 is 0 Å². The fourth-order valence-electron chi connectivity index (χ4n) is 3.35. The van der Waals surface area contributed by atoms with Gasteiger partial charge in [0.15, 0.2) is 11.0 Å². The summed E-state index contributed by atoms with van der Waals surface area (Å²) in [5.41, 5.74) is 4.77. The first-order valence-corrected chi connectivity index (χ1v) is 12.0. The van der Waals surface area contributed by atoms with Crippen LogP contribution in [0, 0.1) is 13.8 Å². The van der Waals surface area contributed by atoms with Crippen LogP contribution in [0.5, 0.6) is 0 Å². The summed E-state index contributed by atoms with van der Waals surface area (Å²) >= 11 is 1.66. The number of amides is 1. The molecule has 0 aliphatic rings. The minimum Gasteiger partial charge on any atom is -0.349 e. The molecule has 1 aromatic heterocycles. The number of benzene rings is 2. The zero-order valence-corrected chi connectivity index (χ0v) is 19.5. The van der Waals surface area contributed by atoms with Crippen LogP contribution in [0.3, 0.4) is 0 Å². The molecule has 164 valence electrons. The van der Waals surface area contributed by atoms with Gasteiger partial charge in [-0.3, -0.25) is 9.36 Å². The van der Waals surface area contributed by atoms with E-state index in [1.54, 1.807) is 11.8 Å². The maximum atomic E-state index is 12.3.